The standard InChI is InChI=1S/C16H19F2NO3/c17-13-4-3-5-14(18)12(13)10-19(11-8-9-11)15(20)6-1-2-7-16(21)22/h3-5,11H,1-2,6-10H2,(H,21,22). The summed E-state index contributed by atoms with van der Waals surface area (Å²) >= 11 is 0. The lowest BCUT2D eigenvalue weighted by molar-refractivity contribution is -0.137. The number of benzene rings is 1. The average molecular weight is 311 g/mol. The quantitative estimate of drug-likeness (QED) is 0.751. The van der Waals surface area contributed by atoms with Crippen molar-refractivity contribution in [2.75, 3.05) is 0 Å². The van der Waals surface area contributed by atoms with Gasteiger partial charge in [0.05, 0.1) is 6.54 Å². The maximum absolute atomic E-state index is 13.7. The molecule has 1 aliphatic carbocycles. The van der Waals surface area contributed by atoms with Gasteiger partial charge in [-0.3, -0.25) is 9.59 Å². The van der Waals surface area contributed by atoms with E-state index in [1.165, 1.54) is 23.1 Å². The predicted octanol–water partition coefficient (Wildman–Crippen LogP) is 3.10. The van der Waals surface area contributed by atoms with Crippen LogP contribution in [-0.2, 0) is 16.1 Å². The molecule has 0 aliphatic heterocycles. The van der Waals surface area contributed by atoms with Crippen LogP contribution >= 0.6 is 0 Å². The molecular formula is C16H19F2NO3. The van der Waals surface area contributed by atoms with E-state index in [-0.39, 0.29) is 36.9 Å². The smallest absolute Gasteiger partial charge is 0.303 e. The summed E-state index contributed by atoms with van der Waals surface area (Å²) in [6.45, 7) is -0.0685. The van der Waals surface area contributed by atoms with Crippen LogP contribution in [0.4, 0.5) is 8.78 Å². The molecule has 0 saturated heterocycles. The highest BCUT2D eigenvalue weighted by atomic mass is 19.1. The Bertz CT molecular complexity index is 538. The number of carboxylic acid groups (broad SMARTS) is 1. The number of hydrogen-bond acceptors (Lipinski definition) is 2. The van der Waals surface area contributed by atoms with Gasteiger partial charge >= 0.3 is 5.97 Å². The first-order chi connectivity index (χ1) is 10.5. The van der Waals surface area contributed by atoms with Crippen molar-refractivity contribution >= 4 is 11.9 Å². The van der Waals surface area contributed by atoms with Gasteiger partial charge in [0.25, 0.3) is 0 Å². The fourth-order valence-electron chi connectivity index (χ4n) is 2.36. The number of carbonyl (C=O) groups is 2. The van der Waals surface area contributed by atoms with E-state index < -0.39 is 17.6 Å². The summed E-state index contributed by atoms with van der Waals surface area (Å²) in [7, 11) is 0. The van der Waals surface area contributed by atoms with Crippen molar-refractivity contribution in [3.05, 3.63) is 35.4 Å². The second-order valence-electron chi connectivity index (χ2n) is 5.55. The minimum atomic E-state index is -0.889. The van der Waals surface area contributed by atoms with E-state index in [0.29, 0.717) is 12.8 Å². The number of rotatable bonds is 8. The number of hydrogen-bond donors (Lipinski definition) is 1. The Morgan fingerprint density at radius 2 is 1.73 bits per heavy atom. The summed E-state index contributed by atoms with van der Waals surface area (Å²) in [6.07, 6.45) is 2.81. The Kier molecular flexibility index (Phi) is 5.46. The number of carbonyl (C=O) groups excluding carboxylic acids is 1. The van der Waals surface area contributed by atoms with Gasteiger partial charge in [0.1, 0.15) is 11.6 Å². The largest absolute Gasteiger partial charge is 0.481 e. The van der Waals surface area contributed by atoms with E-state index in [1.807, 2.05) is 0 Å². The molecule has 0 radical (unpaired) electrons. The Morgan fingerprint density at radius 1 is 1.14 bits per heavy atom. The molecule has 4 nitrogen and oxygen atoms in total. The minimum Gasteiger partial charge on any atom is -0.481 e. The van der Waals surface area contributed by atoms with Crippen LogP contribution in [0.25, 0.3) is 0 Å². The summed E-state index contributed by atoms with van der Waals surface area (Å²) in [5.74, 6) is -2.36. The topological polar surface area (TPSA) is 57.6 Å². The molecule has 1 aromatic carbocycles. The first-order valence-electron chi connectivity index (χ1n) is 7.43. The molecule has 22 heavy (non-hydrogen) atoms. The zero-order valence-corrected chi connectivity index (χ0v) is 12.2. The lowest BCUT2D eigenvalue weighted by Gasteiger charge is -2.23. The number of unbranched alkanes of at least 4 members (excludes halogenated alkanes) is 1. The third-order valence-corrected chi connectivity index (χ3v) is 3.73. The lowest BCUT2D eigenvalue weighted by Crippen LogP contribution is -2.33. The lowest BCUT2D eigenvalue weighted by atomic mass is 10.1. The van der Waals surface area contributed by atoms with E-state index in [4.69, 9.17) is 5.11 Å². The van der Waals surface area contributed by atoms with Crippen LogP contribution in [0.2, 0.25) is 0 Å². The van der Waals surface area contributed by atoms with E-state index in [2.05, 4.69) is 0 Å². The van der Waals surface area contributed by atoms with Gasteiger partial charge in [0, 0.05) is 24.4 Å². The summed E-state index contributed by atoms with van der Waals surface area (Å²) in [6, 6.07) is 3.70. The normalized spacial score (nSPS) is 13.9. The van der Waals surface area contributed by atoms with Gasteiger partial charge in [0.15, 0.2) is 0 Å². The molecule has 1 aromatic rings. The molecule has 6 heteroatoms. The number of amides is 1. The molecular weight excluding hydrogens is 292 g/mol. The Hall–Kier alpha value is -1.98. The maximum atomic E-state index is 13.7. The van der Waals surface area contributed by atoms with Crippen molar-refractivity contribution < 1.29 is 23.5 Å². The van der Waals surface area contributed by atoms with Crippen molar-refractivity contribution in [3.8, 4) is 0 Å². The molecule has 0 atom stereocenters. The number of halogens is 2. The highest BCUT2D eigenvalue weighted by Crippen LogP contribution is 2.30. The SMILES string of the molecule is O=C(O)CCCCC(=O)N(Cc1c(F)cccc1F)C1CC1. The second-order valence-corrected chi connectivity index (χ2v) is 5.55. The zero-order chi connectivity index (χ0) is 16.1. The molecule has 1 N–H and O–H groups in total. The highest BCUT2D eigenvalue weighted by molar-refractivity contribution is 5.77. The van der Waals surface area contributed by atoms with Gasteiger partial charge in [0.2, 0.25) is 5.91 Å². The van der Waals surface area contributed by atoms with Gasteiger partial charge in [-0.25, -0.2) is 8.78 Å². The third-order valence-electron chi connectivity index (χ3n) is 3.73. The van der Waals surface area contributed by atoms with E-state index in [1.54, 1.807) is 0 Å². The maximum Gasteiger partial charge on any atom is 0.303 e. The molecule has 1 aliphatic rings. The number of carboxylic acids is 1. The monoisotopic (exact) mass is 311 g/mol. The van der Waals surface area contributed by atoms with E-state index in [0.717, 1.165) is 12.8 Å². The molecule has 2 rings (SSSR count). The number of aliphatic carboxylic acids is 1. The van der Waals surface area contributed by atoms with Crippen molar-refractivity contribution in [2.24, 2.45) is 0 Å². The van der Waals surface area contributed by atoms with Gasteiger partial charge in [-0.2, -0.15) is 0 Å². The van der Waals surface area contributed by atoms with Crippen molar-refractivity contribution in [1.29, 1.82) is 0 Å². The van der Waals surface area contributed by atoms with Crippen LogP contribution in [0, 0.1) is 11.6 Å². The Balaban J connectivity index is 1.95. The van der Waals surface area contributed by atoms with Gasteiger partial charge in [-0.05, 0) is 37.8 Å². The molecule has 1 amide bonds. The van der Waals surface area contributed by atoms with Crippen LogP contribution in [-0.4, -0.2) is 27.9 Å². The molecule has 1 saturated carbocycles. The van der Waals surface area contributed by atoms with Crippen molar-refractivity contribution in [2.45, 2.75) is 51.1 Å². The molecule has 0 bridgehead atoms. The molecule has 0 heterocycles. The Labute approximate surface area is 127 Å². The summed E-state index contributed by atoms with van der Waals surface area (Å²) in [5.41, 5.74) is -0.0896. The second kappa shape index (κ2) is 7.33. The van der Waals surface area contributed by atoms with Crippen molar-refractivity contribution in [3.63, 3.8) is 0 Å². The summed E-state index contributed by atoms with van der Waals surface area (Å²) in [5, 5.41) is 8.56. The molecule has 120 valence electrons. The minimum absolute atomic E-state index is 0.0264. The van der Waals surface area contributed by atoms with E-state index in [9.17, 15) is 18.4 Å². The first kappa shape index (κ1) is 16.4. The third kappa shape index (κ3) is 4.51. The predicted molar refractivity (Wildman–Crippen MR) is 76.0 cm³/mol. The van der Waals surface area contributed by atoms with Gasteiger partial charge < -0.3 is 10.0 Å². The van der Waals surface area contributed by atoms with Gasteiger partial charge in [-0.15, -0.1) is 0 Å². The van der Waals surface area contributed by atoms with Crippen LogP contribution in [0.1, 0.15) is 44.1 Å². The van der Waals surface area contributed by atoms with Gasteiger partial charge in [-0.1, -0.05) is 6.07 Å². The van der Waals surface area contributed by atoms with Crippen LogP contribution in [0.5, 0.6) is 0 Å². The summed E-state index contributed by atoms with van der Waals surface area (Å²) < 4.78 is 27.4. The average Bonchev–Trinajstić information content (AvgIpc) is 3.27. The highest BCUT2D eigenvalue weighted by Gasteiger charge is 2.33. The van der Waals surface area contributed by atoms with Crippen LogP contribution < -0.4 is 0 Å². The molecule has 0 aromatic heterocycles. The van der Waals surface area contributed by atoms with Crippen molar-refractivity contribution in [1.82, 2.24) is 4.90 Å². The number of nitrogens with zero attached hydrogens (tertiary/aromatic N) is 1. The summed E-state index contributed by atoms with van der Waals surface area (Å²) in [4.78, 5) is 24.2. The fourth-order valence-corrected chi connectivity index (χ4v) is 2.36. The zero-order valence-electron chi connectivity index (χ0n) is 12.2. The van der Waals surface area contributed by atoms with Crippen LogP contribution in [0.3, 0.4) is 0 Å². The fraction of sp³-hybridized carbons (Fsp3) is 0.500. The molecule has 0 unspecified atom stereocenters. The Morgan fingerprint density at radius 3 is 2.27 bits per heavy atom. The first-order valence-corrected chi connectivity index (χ1v) is 7.43. The van der Waals surface area contributed by atoms with Crippen LogP contribution in [0.15, 0.2) is 18.2 Å². The molecule has 0 spiro atoms. The van der Waals surface area contributed by atoms with E-state index >= 15 is 0 Å². The molecule has 1 fully saturated rings.